The molecule has 0 atom stereocenters. The van der Waals surface area contributed by atoms with Crippen LogP contribution < -0.4 is 4.74 Å². The van der Waals surface area contributed by atoms with Gasteiger partial charge in [-0.3, -0.25) is 0 Å². The van der Waals surface area contributed by atoms with Gasteiger partial charge >= 0.3 is 6.61 Å². The van der Waals surface area contributed by atoms with Crippen LogP contribution in [-0.4, -0.2) is 11.6 Å². The Kier molecular flexibility index (Phi) is 2.85. The second-order valence-electron chi connectivity index (χ2n) is 3.15. The average Bonchev–Trinajstić information content (AvgIpc) is 2.65. The summed E-state index contributed by atoms with van der Waals surface area (Å²) in [5.41, 5.74) is 0.766. The molecule has 0 saturated heterocycles. The molecule has 1 aromatic carbocycles. The molecule has 0 radical (unpaired) electrons. The third kappa shape index (κ3) is 2.36. The van der Waals surface area contributed by atoms with E-state index in [-0.39, 0.29) is 5.75 Å². The minimum atomic E-state index is -2.81. The Hall–Kier alpha value is -1.91. The Morgan fingerprint density at radius 1 is 1.25 bits per heavy atom. The van der Waals surface area contributed by atoms with Crippen LogP contribution in [0.4, 0.5) is 8.78 Å². The van der Waals surface area contributed by atoms with Crippen molar-refractivity contribution >= 4 is 0 Å². The van der Waals surface area contributed by atoms with Gasteiger partial charge in [-0.1, -0.05) is 0 Å². The van der Waals surface area contributed by atoms with Crippen LogP contribution in [-0.2, 0) is 0 Å². The molecule has 0 saturated carbocycles. The molecule has 3 nitrogen and oxygen atoms in total. The Bertz CT molecular complexity index is 465. The van der Waals surface area contributed by atoms with E-state index in [2.05, 4.69) is 9.72 Å². The third-order valence-electron chi connectivity index (χ3n) is 1.99. The molecule has 16 heavy (non-hydrogen) atoms. The Morgan fingerprint density at radius 2 is 1.94 bits per heavy atom. The number of aromatic nitrogens is 1. The van der Waals surface area contributed by atoms with E-state index < -0.39 is 6.61 Å². The summed E-state index contributed by atoms with van der Waals surface area (Å²) in [6.07, 6.45) is 1.58. The fourth-order valence-electron chi connectivity index (χ4n) is 1.30. The van der Waals surface area contributed by atoms with Crippen molar-refractivity contribution < 1.29 is 17.9 Å². The summed E-state index contributed by atoms with van der Waals surface area (Å²) >= 11 is 0. The first kappa shape index (κ1) is 10.6. The number of benzene rings is 1. The molecule has 84 valence electrons. The molecule has 0 aliphatic heterocycles. The SMILES string of the molecule is Cc1ncc(-c2ccc(OC(F)F)cc2)o1. The van der Waals surface area contributed by atoms with E-state index in [4.69, 9.17) is 4.42 Å². The predicted molar refractivity (Wildman–Crippen MR) is 53.3 cm³/mol. The van der Waals surface area contributed by atoms with Gasteiger partial charge in [0, 0.05) is 12.5 Å². The van der Waals surface area contributed by atoms with Crippen LogP contribution in [0.2, 0.25) is 0 Å². The maximum Gasteiger partial charge on any atom is 0.387 e. The molecule has 0 amide bonds. The molecular weight excluding hydrogens is 216 g/mol. The molecule has 0 spiro atoms. The largest absolute Gasteiger partial charge is 0.441 e. The molecule has 0 bridgehead atoms. The summed E-state index contributed by atoms with van der Waals surface area (Å²) in [4.78, 5) is 3.95. The summed E-state index contributed by atoms with van der Waals surface area (Å²) in [5, 5.41) is 0. The van der Waals surface area contributed by atoms with Crippen molar-refractivity contribution in [2.45, 2.75) is 13.5 Å². The van der Waals surface area contributed by atoms with E-state index in [0.29, 0.717) is 11.7 Å². The highest BCUT2D eigenvalue weighted by Crippen LogP contribution is 2.23. The van der Waals surface area contributed by atoms with E-state index in [1.54, 1.807) is 25.3 Å². The fraction of sp³-hybridized carbons (Fsp3) is 0.182. The van der Waals surface area contributed by atoms with Crippen LogP contribution in [0.5, 0.6) is 5.75 Å². The molecule has 0 fully saturated rings. The van der Waals surface area contributed by atoms with E-state index >= 15 is 0 Å². The maximum absolute atomic E-state index is 11.9. The van der Waals surface area contributed by atoms with E-state index in [1.807, 2.05) is 0 Å². The van der Waals surface area contributed by atoms with Crippen molar-refractivity contribution in [1.29, 1.82) is 0 Å². The van der Waals surface area contributed by atoms with Gasteiger partial charge in [-0.15, -0.1) is 0 Å². The predicted octanol–water partition coefficient (Wildman–Crippen LogP) is 3.25. The molecular formula is C11H9F2NO2. The van der Waals surface area contributed by atoms with Crippen LogP contribution in [0.25, 0.3) is 11.3 Å². The minimum Gasteiger partial charge on any atom is -0.441 e. The van der Waals surface area contributed by atoms with Crippen molar-refractivity contribution in [3.63, 3.8) is 0 Å². The van der Waals surface area contributed by atoms with Gasteiger partial charge in [0.05, 0.1) is 6.20 Å². The minimum absolute atomic E-state index is 0.120. The number of alkyl halides is 2. The van der Waals surface area contributed by atoms with E-state index in [0.717, 1.165) is 5.56 Å². The second kappa shape index (κ2) is 4.30. The Morgan fingerprint density at radius 3 is 2.44 bits per heavy atom. The summed E-state index contributed by atoms with van der Waals surface area (Å²) in [6.45, 7) is -1.07. The van der Waals surface area contributed by atoms with E-state index in [1.165, 1.54) is 12.1 Å². The first-order chi connectivity index (χ1) is 7.65. The van der Waals surface area contributed by atoms with Crippen molar-refractivity contribution in [3.05, 3.63) is 36.4 Å². The topological polar surface area (TPSA) is 35.3 Å². The highest BCUT2D eigenvalue weighted by atomic mass is 19.3. The number of hydrogen-bond donors (Lipinski definition) is 0. The van der Waals surface area contributed by atoms with E-state index in [9.17, 15) is 8.78 Å². The molecule has 5 heteroatoms. The maximum atomic E-state index is 11.9. The van der Waals surface area contributed by atoms with Gasteiger partial charge in [0.2, 0.25) is 0 Å². The normalized spacial score (nSPS) is 10.8. The van der Waals surface area contributed by atoms with Gasteiger partial charge in [0.25, 0.3) is 0 Å². The Balaban J connectivity index is 2.19. The van der Waals surface area contributed by atoms with Crippen molar-refractivity contribution in [2.24, 2.45) is 0 Å². The monoisotopic (exact) mass is 225 g/mol. The quantitative estimate of drug-likeness (QED) is 0.804. The van der Waals surface area contributed by atoms with Crippen LogP contribution in [0.1, 0.15) is 5.89 Å². The van der Waals surface area contributed by atoms with Crippen molar-refractivity contribution in [2.75, 3.05) is 0 Å². The van der Waals surface area contributed by atoms with Crippen LogP contribution in [0, 0.1) is 6.92 Å². The number of rotatable bonds is 3. The van der Waals surface area contributed by atoms with Gasteiger partial charge < -0.3 is 9.15 Å². The van der Waals surface area contributed by atoms with Crippen LogP contribution in [0.15, 0.2) is 34.9 Å². The second-order valence-corrected chi connectivity index (χ2v) is 3.15. The molecule has 2 aromatic rings. The molecule has 1 aromatic heterocycles. The third-order valence-corrected chi connectivity index (χ3v) is 1.99. The first-order valence-electron chi connectivity index (χ1n) is 4.63. The number of halogens is 2. The highest BCUT2D eigenvalue weighted by Gasteiger charge is 2.06. The zero-order valence-electron chi connectivity index (χ0n) is 8.48. The summed E-state index contributed by atoms with van der Waals surface area (Å²) in [5.74, 6) is 1.28. The smallest absolute Gasteiger partial charge is 0.387 e. The number of aryl methyl sites for hydroxylation is 1. The van der Waals surface area contributed by atoms with Crippen molar-refractivity contribution in [3.8, 4) is 17.1 Å². The fourth-order valence-corrected chi connectivity index (χ4v) is 1.30. The Labute approximate surface area is 90.7 Å². The number of hydrogen-bond acceptors (Lipinski definition) is 3. The molecule has 1 heterocycles. The lowest BCUT2D eigenvalue weighted by molar-refractivity contribution is -0.0498. The van der Waals surface area contributed by atoms with Gasteiger partial charge in [0.1, 0.15) is 5.75 Å². The standard InChI is InChI=1S/C11H9F2NO2/c1-7-14-6-10(15-7)8-2-4-9(5-3-8)16-11(12)13/h2-6,11H,1H3. The number of nitrogens with zero attached hydrogens (tertiary/aromatic N) is 1. The molecule has 2 rings (SSSR count). The van der Waals surface area contributed by atoms with Crippen LogP contribution in [0.3, 0.4) is 0 Å². The average molecular weight is 225 g/mol. The van der Waals surface area contributed by atoms with Gasteiger partial charge in [-0.2, -0.15) is 8.78 Å². The summed E-state index contributed by atoms with van der Waals surface area (Å²) < 4.78 is 33.3. The zero-order chi connectivity index (χ0) is 11.5. The summed E-state index contributed by atoms with van der Waals surface area (Å²) in [7, 11) is 0. The lowest BCUT2D eigenvalue weighted by Gasteiger charge is -2.04. The van der Waals surface area contributed by atoms with Gasteiger partial charge in [0.15, 0.2) is 11.7 Å². The molecule has 0 aliphatic carbocycles. The lowest BCUT2D eigenvalue weighted by atomic mass is 10.2. The lowest BCUT2D eigenvalue weighted by Crippen LogP contribution is -2.01. The van der Waals surface area contributed by atoms with Crippen molar-refractivity contribution in [1.82, 2.24) is 4.98 Å². The summed E-state index contributed by atoms with van der Waals surface area (Å²) in [6, 6.07) is 6.19. The molecule has 0 N–H and O–H groups in total. The van der Waals surface area contributed by atoms with Gasteiger partial charge in [-0.05, 0) is 24.3 Å². The van der Waals surface area contributed by atoms with Crippen LogP contribution >= 0.6 is 0 Å². The number of oxazole rings is 1. The van der Waals surface area contributed by atoms with Gasteiger partial charge in [-0.25, -0.2) is 4.98 Å². The molecule has 0 unspecified atom stereocenters. The highest BCUT2D eigenvalue weighted by molar-refractivity contribution is 5.57. The zero-order valence-corrected chi connectivity index (χ0v) is 8.48. The first-order valence-corrected chi connectivity index (χ1v) is 4.63. The number of ether oxygens (including phenoxy) is 1. The molecule has 0 aliphatic rings.